The fourth-order valence-corrected chi connectivity index (χ4v) is 2.86. The molecule has 1 rings (SSSR count). The van der Waals surface area contributed by atoms with Gasteiger partial charge in [0.2, 0.25) is 15.9 Å². The first-order valence-electron chi connectivity index (χ1n) is 6.37. The standard InChI is InChI=1S/C13H21N3O3S/c1-3-15-13(17)9-16(2)20(18,19)10-12-6-4-5-11(7-12)8-14/h4-7H,3,8-10,14H2,1-2H3,(H,15,17). The first-order valence-corrected chi connectivity index (χ1v) is 7.98. The molecule has 0 atom stereocenters. The van der Waals surface area contributed by atoms with Crippen molar-refractivity contribution < 1.29 is 13.2 Å². The molecule has 6 nitrogen and oxygen atoms in total. The molecule has 3 N–H and O–H groups in total. The van der Waals surface area contributed by atoms with E-state index >= 15 is 0 Å². The van der Waals surface area contributed by atoms with E-state index in [2.05, 4.69) is 5.32 Å². The molecule has 0 saturated carbocycles. The van der Waals surface area contributed by atoms with E-state index in [4.69, 9.17) is 5.73 Å². The molecule has 0 fully saturated rings. The highest BCUT2D eigenvalue weighted by atomic mass is 32.2. The normalized spacial score (nSPS) is 11.6. The molecule has 0 spiro atoms. The fraction of sp³-hybridized carbons (Fsp3) is 0.462. The van der Waals surface area contributed by atoms with E-state index in [1.54, 1.807) is 25.1 Å². The highest BCUT2D eigenvalue weighted by Crippen LogP contribution is 2.11. The lowest BCUT2D eigenvalue weighted by molar-refractivity contribution is -0.121. The van der Waals surface area contributed by atoms with Crippen molar-refractivity contribution in [2.75, 3.05) is 20.1 Å². The third-order valence-electron chi connectivity index (χ3n) is 2.79. The summed E-state index contributed by atoms with van der Waals surface area (Å²) >= 11 is 0. The van der Waals surface area contributed by atoms with Gasteiger partial charge in [0.15, 0.2) is 0 Å². The molecule has 0 aromatic heterocycles. The van der Waals surface area contributed by atoms with Crippen molar-refractivity contribution in [1.82, 2.24) is 9.62 Å². The minimum atomic E-state index is -3.52. The fourth-order valence-electron chi connectivity index (χ4n) is 1.72. The Bertz CT molecular complexity index is 558. The summed E-state index contributed by atoms with van der Waals surface area (Å²) in [5.41, 5.74) is 7.07. The summed E-state index contributed by atoms with van der Waals surface area (Å²) < 4.78 is 25.4. The van der Waals surface area contributed by atoms with Crippen LogP contribution < -0.4 is 11.1 Å². The van der Waals surface area contributed by atoms with Gasteiger partial charge < -0.3 is 11.1 Å². The van der Waals surface area contributed by atoms with Crippen LogP contribution in [0.1, 0.15) is 18.1 Å². The van der Waals surface area contributed by atoms with Gasteiger partial charge in [-0.2, -0.15) is 4.31 Å². The highest BCUT2D eigenvalue weighted by Gasteiger charge is 2.20. The predicted molar refractivity (Wildman–Crippen MR) is 78.3 cm³/mol. The molecule has 0 saturated heterocycles. The Balaban J connectivity index is 2.75. The maximum absolute atomic E-state index is 12.2. The second-order valence-corrected chi connectivity index (χ2v) is 6.57. The van der Waals surface area contributed by atoms with E-state index in [-0.39, 0.29) is 18.2 Å². The van der Waals surface area contributed by atoms with Crippen molar-refractivity contribution >= 4 is 15.9 Å². The third kappa shape index (κ3) is 4.92. The number of likely N-dealkylation sites (N-methyl/N-ethyl adjacent to an activating group) is 2. The molecule has 0 radical (unpaired) electrons. The van der Waals surface area contributed by atoms with Crippen molar-refractivity contribution in [3.8, 4) is 0 Å². The highest BCUT2D eigenvalue weighted by molar-refractivity contribution is 7.88. The van der Waals surface area contributed by atoms with Crippen LogP contribution in [-0.4, -0.2) is 38.8 Å². The van der Waals surface area contributed by atoms with Crippen LogP contribution in [0, 0.1) is 0 Å². The number of nitrogens with two attached hydrogens (primary N) is 1. The quantitative estimate of drug-likeness (QED) is 0.743. The zero-order valence-electron chi connectivity index (χ0n) is 11.8. The van der Waals surface area contributed by atoms with Gasteiger partial charge >= 0.3 is 0 Å². The van der Waals surface area contributed by atoms with Crippen LogP contribution in [0.5, 0.6) is 0 Å². The minimum absolute atomic E-state index is 0.142. The number of carbonyl (C=O) groups is 1. The van der Waals surface area contributed by atoms with Gasteiger partial charge in [-0.1, -0.05) is 24.3 Å². The van der Waals surface area contributed by atoms with Gasteiger partial charge in [0, 0.05) is 20.1 Å². The summed E-state index contributed by atoms with van der Waals surface area (Å²) in [7, 11) is -2.12. The summed E-state index contributed by atoms with van der Waals surface area (Å²) in [6.07, 6.45) is 0. The van der Waals surface area contributed by atoms with Crippen molar-refractivity contribution in [3.05, 3.63) is 35.4 Å². The number of nitrogens with one attached hydrogen (secondary N) is 1. The first-order chi connectivity index (χ1) is 9.39. The van der Waals surface area contributed by atoms with Crippen LogP contribution in [0.15, 0.2) is 24.3 Å². The lowest BCUT2D eigenvalue weighted by atomic mass is 10.1. The van der Waals surface area contributed by atoms with Crippen molar-refractivity contribution in [2.45, 2.75) is 19.2 Å². The van der Waals surface area contributed by atoms with Gasteiger partial charge in [-0.25, -0.2) is 8.42 Å². The zero-order chi connectivity index (χ0) is 15.2. The van der Waals surface area contributed by atoms with Gasteiger partial charge in [-0.05, 0) is 18.1 Å². The van der Waals surface area contributed by atoms with E-state index in [0.29, 0.717) is 18.7 Å². The van der Waals surface area contributed by atoms with Crippen LogP contribution in [0.25, 0.3) is 0 Å². The van der Waals surface area contributed by atoms with Gasteiger partial charge in [-0.3, -0.25) is 4.79 Å². The molecule has 0 aliphatic carbocycles. The molecule has 0 heterocycles. The summed E-state index contributed by atoms with van der Waals surface area (Å²) in [6, 6.07) is 7.11. The topological polar surface area (TPSA) is 92.5 Å². The average Bonchev–Trinajstić information content (AvgIpc) is 2.38. The summed E-state index contributed by atoms with van der Waals surface area (Å²) in [5, 5.41) is 2.57. The van der Waals surface area contributed by atoms with Crippen LogP contribution in [0.4, 0.5) is 0 Å². The Kier molecular flexibility index (Phi) is 6.12. The first kappa shape index (κ1) is 16.6. The SMILES string of the molecule is CCNC(=O)CN(C)S(=O)(=O)Cc1cccc(CN)c1. The molecule has 112 valence electrons. The number of hydrogen-bond donors (Lipinski definition) is 2. The van der Waals surface area contributed by atoms with Crippen molar-refractivity contribution in [3.63, 3.8) is 0 Å². The number of hydrogen-bond acceptors (Lipinski definition) is 4. The number of nitrogens with zero attached hydrogens (tertiary/aromatic N) is 1. The van der Waals surface area contributed by atoms with Crippen molar-refractivity contribution in [1.29, 1.82) is 0 Å². The molecular formula is C13H21N3O3S. The Labute approximate surface area is 120 Å². The number of rotatable bonds is 7. The Morgan fingerprint density at radius 1 is 1.35 bits per heavy atom. The van der Waals surface area contributed by atoms with Gasteiger partial charge in [0.05, 0.1) is 12.3 Å². The summed E-state index contributed by atoms with van der Waals surface area (Å²) in [6.45, 7) is 2.45. The monoisotopic (exact) mass is 299 g/mol. The smallest absolute Gasteiger partial charge is 0.235 e. The van der Waals surface area contributed by atoms with Crippen LogP contribution >= 0.6 is 0 Å². The van der Waals surface area contributed by atoms with Gasteiger partial charge in [0.25, 0.3) is 0 Å². The molecule has 1 aromatic rings. The molecule has 0 aliphatic rings. The van der Waals surface area contributed by atoms with E-state index in [0.717, 1.165) is 9.87 Å². The summed E-state index contributed by atoms with van der Waals surface area (Å²) in [5.74, 6) is -0.453. The number of sulfonamides is 1. The second-order valence-electron chi connectivity index (χ2n) is 4.49. The predicted octanol–water partition coefficient (Wildman–Crippen LogP) is 0.0430. The molecule has 1 aromatic carbocycles. The third-order valence-corrected chi connectivity index (χ3v) is 4.57. The molecule has 20 heavy (non-hydrogen) atoms. The van der Waals surface area contributed by atoms with E-state index in [1.807, 2.05) is 6.07 Å². The molecular weight excluding hydrogens is 278 g/mol. The van der Waals surface area contributed by atoms with E-state index < -0.39 is 10.0 Å². The molecule has 7 heteroatoms. The van der Waals surface area contributed by atoms with Crippen molar-refractivity contribution in [2.24, 2.45) is 5.73 Å². The lowest BCUT2D eigenvalue weighted by Gasteiger charge is -2.16. The Morgan fingerprint density at radius 2 is 2.00 bits per heavy atom. The molecule has 1 amide bonds. The average molecular weight is 299 g/mol. The largest absolute Gasteiger partial charge is 0.355 e. The number of carbonyl (C=O) groups excluding carboxylic acids is 1. The maximum atomic E-state index is 12.2. The van der Waals surface area contributed by atoms with Crippen LogP contribution in [-0.2, 0) is 27.1 Å². The summed E-state index contributed by atoms with van der Waals surface area (Å²) in [4.78, 5) is 11.4. The molecule has 0 unspecified atom stereocenters. The zero-order valence-corrected chi connectivity index (χ0v) is 12.6. The lowest BCUT2D eigenvalue weighted by Crippen LogP contribution is -2.38. The number of amides is 1. The second kappa shape index (κ2) is 7.37. The Hall–Kier alpha value is -1.44. The van der Waals surface area contributed by atoms with Gasteiger partial charge in [-0.15, -0.1) is 0 Å². The van der Waals surface area contributed by atoms with E-state index in [1.165, 1.54) is 7.05 Å². The minimum Gasteiger partial charge on any atom is -0.355 e. The van der Waals surface area contributed by atoms with Crippen LogP contribution in [0.3, 0.4) is 0 Å². The van der Waals surface area contributed by atoms with Gasteiger partial charge in [0.1, 0.15) is 0 Å². The Morgan fingerprint density at radius 3 is 2.60 bits per heavy atom. The van der Waals surface area contributed by atoms with Crippen LogP contribution in [0.2, 0.25) is 0 Å². The number of benzene rings is 1. The maximum Gasteiger partial charge on any atom is 0.235 e. The van der Waals surface area contributed by atoms with E-state index in [9.17, 15) is 13.2 Å². The molecule has 0 bridgehead atoms. The molecule has 0 aliphatic heterocycles.